The molecule has 0 aliphatic carbocycles. The first-order valence-electron chi connectivity index (χ1n) is 5.02. The number of thiophene rings is 1. The molecule has 0 amide bonds. The Bertz CT molecular complexity index is 585. The van der Waals surface area contributed by atoms with Crippen molar-refractivity contribution in [2.45, 2.75) is 6.61 Å². The Hall–Kier alpha value is -1.59. The Kier molecular flexibility index (Phi) is 3.84. The number of halogens is 2. The molecule has 6 heteroatoms. The molecular formula is C12H9ClFNO2S. The Balaban J connectivity index is 2.06. The number of benzene rings is 1. The SMILES string of the molecule is Nc1ccsc1C(=O)OCc1cc(Cl)ccc1F. The predicted molar refractivity (Wildman–Crippen MR) is 69.3 cm³/mol. The molecule has 1 aromatic heterocycles. The Morgan fingerprint density at radius 3 is 2.89 bits per heavy atom. The van der Waals surface area contributed by atoms with Crippen LogP contribution in [0.2, 0.25) is 5.02 Å². The van der Waals surface area contributed by atoms with E-state index >= 15 is 0 Å². The number of rotatable bonds is 3. The third kappa shape index (κ3) is 2.80. The zero-order valence-corrected chi connectivity index (χ0v) is 10.7. The number of nitrogens with two attached hydrogens (primary N) is 1. The summed E-state index contributed by atoms with van der Waals surface area (Å²) in [6.45, 7) is -0.178. The fourth-order valence-corrected chi connectivity index (χ4v) is 2.25. The van der Waals surface area contributed by atoms with Gasteiger partial charge in [-0.3, -0.25) is 0 Å². The van der Waals surface area contributed by atoms with E-state index < -0.39 is 11.8 Å². The van der Waals surface area contributed by atoms with Crippen molar-refractivity contribution in [3.8, 4) is 0 Å². The van der Waals surface area contributed by atoms with Crippen molar-refractivity contribution in [3.63, 3.8) is 0 Å². The molecule has 0 radical (unpaired) electrons. The van der Waals surface area contributed by atoms with Crippen LogP contribution in [-0.4, -0.2) is 5.97 Å². The molecule has 94 valence electrons. The molecule has 0 bridgehead atoms. The van der Waals surface area contributed by atoms with Gasteiger partial charge in [-0.25, -0.2) is 9.18 Å². The highest BCUT2D eigenvalue weighted by Crippen LogP contribution is 2.21. The number of carbonyl (C=O) groups is 1. The molecule has 18 heavy (non-hydrogen) atoms. The molecular weight excluding hydrogens is 277 g/mol. The van der Waals surface area contributed by atoms with E-state index in [0.29, 0.717) is 15.6 Å². The fourth-order valence-electron chi connectivity index (χ4n) is 1.35. The first-order valence-corrected chi connectivity index (χ1v) is 6.27. The molecule has 1 aromatic carbocycles. The first-order chi connectivity index (χ1) is 8.58. The van der Waals surface area contributed by atoms with Gasteiger partial charge in [0.2, 0.25) is 0 Å². The summed E-state index contributed by atoms with van der Waals surface area (Å²) in [6, 6.07) is 5.69. The van der Waals surface area contributed by atoms with Gasteiger partial charge in [0.15, 0.2) is 0 Å². The van der Waals surface area contributed by atoms with Gasteiger partial charge in [-0.2, -0.15) is 0 Å². The van der Waals surface area contributed by atoms with Gasteiger partial charge in [0.05, 0.1) is 5.69 Å². The van der Waals surface area contributed by atoms with Gasteiger partial charge in [0.1, 0.15) is 17.3 Å². The Morgan fingerprint density at radius 1 is 1.44 bits per heavy atom. The maximum Gasteiger partial charge on any atom is 0.350 e. The van der Waals surface area contributed by atoms with Crippen molar-refractivity contribution in [2.75, 3.05) is 5.73 Å². The standard InChI is InChI=1S/C12H9ClFNO2S/c13-8-1-2-9(14)7(5-8)6-17-12(16)11-10(15)3-4-18-11/h1-5H,6,15H2. The number of hydrogen-bond donors (Lipinski definition) is 1. The van der Waals surface area contributed by atoms with Crippen molar-refractivity contribution in [1.29, 1.82) is 0 Å². The van der Waals surface area contributed by atoms with E-state index in [2.05, 4.69) is 0 Å². The van der Waals surface area contributed by atoms with Crippen LogP contribution in [0.1, 0.15) is 15.2 Å². The minimum Gasteiger partial charge on any atom is -0.456 e. The Labute approximate surface area is 112 Å². The van der Waals surface area contributed by atoms with Crippen LogP contribution in [0, 0.1) is 5.82 Å². The van der Waals surface area contributed by atoms with Gasteiger partial charge < -0.3 is 10.5 Å². The van der Waals surface area contributed by atoms with E-state index in [-0.39, 0.29) is 12.2 Å². The molecule has 0 saturated carbocycles. The highest BCUT2D eigenvalue weighted by Gasteiger charge is 2.14. The molecule has 0 aliphatic heterocycles. The second-order valence-electron chi connectivity index (χ2n) is 3.52. The maximum absolute atomic E-state index is 13.4. The van der Waals surface area contributed by atoms with E-state index in [4.69, 9.17) is 22.1 Å². The van der Waals surface area contributed by atoms with Gasteiger partial charge in [0, 0.05) is 10.6 Å². The van der Waals surface area contributed by atoms with Gasteiger partial charge in [-0.15, -0.1) is 11.3 Å². The second kappa shape index (κ2) is 5.37. The lowest BCUT2D eigenvalue weighted by atomic mass is 10.2. The molecule has 0 fully saturated rings. The first kappa shape index (κ1) is 12.9. The topological polar surface area (TPSA) is 52.3 Å². The number of anilines is 1. The van der Waals surface area contributed by atoms with Gasteiger partial charge in [-0.05, 0) is 29.6 Å². The van der Waals surface area contributed by atoms with E-state index in [1.54, 1.807) is 11.4 Å². The Morgan fingerprint density at radius 2 is 2.22 bits per heavy atom. The minimum absolute atomic E-state index is 0.178. The molecule has 0 atom stereocenters. The average Bonchev–Trinajstić information content (AvgIpc) is 2.76. The lowest BCUT2D eigenvalue weighted by Gasteiger charge is -2.05. The van der Waals surface area contributed by atoms with Crippen molar-refractivity contribution >= 4 is 34.6 Å². The second-order valence-corrected chi connectivity index (χ2v) is 4.87. The van der Waals surface area contributed by atoms with Crippen molar-refractivity contribution in [2.24, 2.45) is 0 Å². The number of nitrogen functional groups attached to an aromatic ring is 1. The highest BCUT2D eigenvalue weighted by molar-refractivity contribution is 7.12. The van der Waals surface area contributed by atoms with Crippen LogP contribution in [0.3, 0.4) is 0 Å². The summed E-state index contributed by atoms with van der Waals surface area (Å²) in [6.07, 6.45) is 0. The van der Waals surface area contributed by atoms with Crippen LogP contribution in [0.5, 0.6) is 0 Å². The van der Waals surface area contributed by atoms with Crippen molar-refractivity contribution < 1.29 is 13.9 Å². The van der Waals surface area contributed by atoms with Crippen LogP contribution in [0.4, 0.5) is 10.1 Å². The molecule has 0 spiro atoms. The largest absolute Gasteiger partial charge is 0.456 e. The molecule has 2 aromatic rings. The summed E-state index contributed by atoms with van der Waals surface area (Å²) >= 11 is 6.91. The molecule has 2 rings (SSSR count). The fraction of sp³-hybridized carbons (Fsp3) is 0.0833. The molecule has 2 N–H and O–H groups in total. The normalized spacial score (nSPS) is 10.3. The highest BCUT2D eigenvalue weighted by atomic mass is 35.5. The lowest BCUT2D eigenvalue weighted by molar-refractivity contribution is 0.0476. The average molecular weight is 286 g/mol. The summed E-state index contributed by atoms with van der Waals surface area (Å²) in [5, 5.41) is 2.07. The maximum atomic E-state index is 13.4. The molecule has 0 aliphatic rings. The van der Waals surface area contributed by atoms with Crippen molar-refractivity contribution in [1.82, 2.24) is 0 Å². The van der Waals surface area contributed by atoms with Crippen LogP contribution in [-0.2, 0) is 11.3 Å². The smallest absolute Gasteiger partial charge is 0.350 e. The zero-order chi connectivity index (χ0) is 13.1. The molecule has 0 unspecified atom stereocenters. The van der Waals surface area contributed by atoms with E-state index in [1.165, 1.54) is 29.5 Å². The number of esters is 1. The van der Waals surface area contributed by atoms with Crippen LogP contribution >= 0.6 is 22.9 Å². The van der Waals surface area contributed by atoms with Gasteiger partial charge in [0.25, 0.3) is 0 Å². The van der Waals surface area contributed by atoms with Crippen molar-refractivity contribution in [3.05, 3.63) is 50.9 Å². The third-order valence-corrected chi connectivity index (χ3v) is 3.39. The monoisotopic (exact) mass is 285 g/mol. The molecule has 1 heterocycles. The van der Waals surface area contributed by atoms with Crippen LogP contribution < -0.4 is 5.73 Å². The number of ether oxygens (including phenoxy) is 1. The van der Waals surface area contributed by atoms with Gasteiger partial charge in [-0.1, -0.05) is 11.6 Å². The van der Waals surface area contributed by atoms with E-state index in [0.717, 1.165) is 0 Å². The van der Waals surface area contributed by atoms with Gasteiger partial charge >= 0.3 is 5.97 Å². The summed E-state index contributed by atoms with van der Waals surface area (Å²) < 4.78 is 18.4. The number of hydrogen-bond acceptors (Lipinski definition) is 4. The van der Waals surface area contributed by atoms with Crippen LogP contribution in [0.25, 0.3) is 0 Å². The molecule has 3 nitrogen and oxygen atoms in total. The predicted octanol–water partition coefficient (Wildman–Crippen LogP) is 3.48. The molecule has 0 saturated heterocycles. The van der Waals surface area contributed by atoms with Crippen LogP contribution in [0.15, 0.2) is 29.6 Å². The minimum atomic E-state index is -0.568. The lowest BCUT2D eigenvalue weighted by Crippen LogP contribution is -2.06. The third-order valence-electron chi connectivity index (χ3n) is 2.25. The van der Waals surface area contributed by atoms with E-state index in [1.807, 2.05) is 0 Å². The summed E-state index contributed by atoms with van der Waals surface area (Å²) in [4.78, 5) is 12.0. The quantitative estimate of drug-likeness (QED) is 0.879. The zero-order valence-electron chi connectivity index (χ0n) is 9.15. The summed E-state index contributed by atoms with van der Waals surface area (Å²) in [7, 11) is 0. The van der Waals surface area contributed by atoms with E-state index in [9.17, 15) is 9.18 Å². The number of carbonyl (C=O) groups excluding carboxylic acids is 1. The summed E-state index contributed by atoms with van der Waals surface area (Å²) in [5.41, 5.74) is 6.16. The summed E-state index contributed by atoms with van der Waals surface area (Å²) in [5.74, 6) is -1.03.